The molecule has 0 spiro atoms. The van der Waals surface area contributed by atoms with Crippen LogP contribution < -0.4 is 10.9 Å². The Morgan fingerprint density at radius 1 is 1.25 bits per heavy atom. The normalized spacial score (nSPS) is 25.8. The molecule has 2 unspecified atom stereocenters. The molecule has 1 aromatic heterocycles. The van der Waals surface area contributed by atoms with Crippen molar-refractivity contribution in [1.82, 2.24) is 15.2 Å². The van der Waals surface area contributed by atoms with Gasteiger partial charge in [0, 0.05) is 31.6 Å². The lowest BCUT2D eigenvalue weighted by molar-refractivity contribution is -0.125. The first-order valence-corrected chi connectivity index (χ1v) is 6.91. The highest BCUT2D eigenvalue weighted by molar-refractivity contribution is 5.92. The summed E-state index contributed by atoms with van der Waals surface area (Å²) in [6, 6.07) is 4.78. The minimum atomic E-state index is -0.268. The molecule has 2 aliphatic heterocycles. The Hall–Kier alpha value is -2.11. The van der Waals surface area contributed by atoms with Crippen molar-refractivity contribution >= 4 is 11.8 Å². The summed E-state index contributed by atoms with van der Waals surface area (Å²) >= 11 is 0. The number of aromatic amines is 1. The number of H-pyrrole nitrogens is 1. The minimum absolute atomic E-state index is 0.110. The van der Waals surface area contributed by atoms with Crippen molar-refractivity contribution < 1.29 is 9.59 Å². The first kappa shape index (κ1) is 12.9. The molecule has 2 aliphatic rings. The third-order valence-electron chi connectivity index (χ3n) is 4.11. The van der Waals surface area contributed by atoms with E-state index in [4.69, 9.17) is 0 Å². The Morgan fingerprint density at radius 2 is 2.10 bits per heavy atom. The van der Waals surface area contributed by atoms with Crippen molar-refractivity contribution in [3.05, 3.63) is 34.2 Å². The summed E-state index contributed by atoms with van der Waals surface area (Å²) in [5, 5.41) is 2.99. The molecule has 2 fully saturated rings. The van der Waals surface area contributed by atoms with Crippen LogP contribution >= 0.6 is 0 Å². The van der Waals surface area contributed by atoms with E-state index in [-0.39, 0.29) is 23.4 Å². The Morgan fingerprint density at radius 3 is 2.90 bits per heavy atom. The molecule has 20 heavy (non-hydrogen) atoms. The number of aromatic nitrogens is 1. The molecule has 6 heteroatoms. The van der Waals surface area contributed by atoms with Crippen LogP contribution in [0.5, 0.6) is 0 Å². The second-order valence-corrected chi connectivity index (χ2v) is 5.44. The molecule has 3 rings (SSSR count). The average molecular weight is 275 g/mol. The fourth-order valence-electron chi connectivity index (χ4n) is 3.04. The number of likely N-dealkylation sites (tertiary alicyclic amines) is 1. The van der Waals surface area contributed by atoms with Crippen LogP contribution in [0.15, 0.2) is 23.0 Å². The molecule has 0 saturated carbocycles. The van der Waals surface area contributed by atoms with E-state index in [1.54, 1.807) is 17.0 Å². The Kier molecular flexibility index (Phi) is 3.30. The number of pyridine rings is 1. The van der Waals surface area contributed by atoms with Crippen molar-refractivity contribution in [1.29, 1.82) is 0 Å². The van der Waals surface area contributed by atoms with Crippen molar-refractivity contribution in [2.75, 3.05) is 13.1 Å². The molecule has 0 aromatic carbocycles. The molecule has 2 amide bonds. The lowest BCUT2D eigenvalue weighted by Crippen LogP contribution is -2.55. The van der Waals surface area contributed by atoms with Crippen molar-refractivity contribution in [2.45, 2.75) is 25.3 Å². The molecular formula is C14H17N3O3. The molecule has 0 aliphatic carbocycles. The Bertz CT molecular complexity index is 595. The molecular weight excluding hydrogens is 258 g/mol. The molecule has 0 bridgehead atoms. The Labute approximate surface area is 116 Å². The van der Waals surface area contributed by atoms with Crippen LogP contribution in [0, 0.1) is 5.92 Å². The van der Waals surface area contributed by atoms with E-state index >= 15 is 0 Å². The van der Waals surface area contributed by atoms with Gasteiger partial charge in [0.1, 0.15) is 5.69 Å². The van der Waals surface area contributed by atoms with E-state index in [0.717, 1.165) is 12.8 Å². The van der Waals surface area contributed by atoms with Gasteiger partial charge in [-0.2, -0.15) is 0 Å². The lowest BCUT2D eigenvalue weighted by Gasteiger charge is -2.41. The monoisotopic (exact) mass is 275 g/mol. The van der Waals surface area contributed by atoms with Gasteiger partial charge in [-0.05, 0) is 24.8 Å². The SMILES string of the molecule is O=C1CCC2CN(C(=O)c3cccc(=O)[nH]3)CCC2N1. The molecule has 2 atom stereocenters. The number of amides is 2. The molecule has 0 radical (unpaired) electrons. The zero-order valence-corrected chi connectivity index (χ0v) is 11.1. The fourth-order valence-corrected chi connectivity index (χ4v) is 3.04. The van der Waals surface area contributed by atoms with Crippen LogP contribution in [0.1, 0.15) is 29.8 Å². The third kappa shape index (κ3) is 2.45. The van der Waals surface area contributed by atoms with Gasteiger partial charge in [0.25, 0.3) is 5.91 Å². The highest BCUT2D eigenvalue weighted by Crippen LogP contribution is 2.25. The van der Waals surface area contributed by atoms with Gasteiger partial charge in [0.2, 0.25) is 11.5 Å². The van der Waals surface area contributed by atoms with E-state index < -0.39 is 0 Å². The van der Waals surface area contributed by atoms with Gasteiger partial charge in [-0.15, -0.1) is 0 Å². The first-order chi connectivity index (χ1) is 9.63. The average Bonchev–Trinajstić information content (AvgIpc) is 2.46. The van der Waals surface area contributed by atoms with Gasteiger partial charge >= 0.3 is 0 Å². The highest BCUT2D eigenvalue weighted by atomic mass is 16.2. The van der Waals surface area contributed by atoms with Gasteiger partial charge in [-0.1, -0.05) is 6.07 Å². The van der Waals surface area contributed by atoms with E-state index in [2.05, 4.69) is 10.3 Å². The van der Waals surface area contributed by atoms with Crippen LogP contribution in [0.4, 0.5) is 0 Å². The van der Waals surface area contributed by atoms with E-state index in [1.807, 2.05) is 0 Å². The maximum absolute atomic E-state index is 12.4. The maximum atomic E-state index is 12.4. The Balaban J connectivity index is 1.71. The van der Waals surface area contributed by atoms with Crippen molar-refractivity contribution in [3.63, 3.8) is 0 Å². The van der Waals surface area contributed by atoms with Crippen LogP contribution in [0.25, 0.3) is 0 Å². The summed E-state index contributed by atoms with van der Waals surface area (Å²) in [6.07, 6.45) is 2.14. The highest BCUT2D eigenvalue weighted by Gasteiger charge is 2.35. The van der Waals surface area contributed by atoms with Gasteiger partial charge in [-0.3, -0.25) is 14.4 Å². The summed E-state index contributed by atoms with van der Waals surface area (Å²) < 4.78 is 0. The summed E-state index contributed by atoms with van der Waals surface area (Å²) in [7, 11) is 0. The predicted octanol–water partition coefficient (Wildman–Crippen LogP) is 0.116. The number of nitrogens with one attached hydrogen (secondary N) is 2. The number of hydrogen-bond donors (Lipinski definition) is 2. The first-order valence-electron chi connectivity index (χ1n) is 6.91. The van der Waals surface area contributed by atoms with Gasteiger partial charge in [-0.25, -0.2) is 0 Å². The second kappa shape index (κ2) is 5.11. The molecule has 2 saturated heterocycles. The molecule has 1 aromatic rings. The van der Waals surface area contributed by atoms with Gasteiger partial charge < -0.3 is 15.2 Å². The number of piperidine rings is 2. The van der Waals surface area contributed by atoms with E-state index in [1.165, 1.54) is 6.07 Å². The fraction of sp³-hybridized carbons (Fsp3) is 0.500. The molecule has 6 nitrogen and oxygen atoms in total. The van der Waals surface area contributed by atoms with Crippen molar-refractivity contribution in [3.8, 4) is 0 Å². The molecule has 3 heterocycles. The predicted molar refractivity (Wildman–Crippen MR) is 72.2 cm³/mol. The smallest absolute Gasteiger partial charge is 0.270 e. The number of fused-ring (bicyclic) bond motifs is 1. The summed E-state index contributed by atoms with van der Waals surface area (Å²) in [6.45, 7) is 1.25. The van der Waals surface area contributed by atoms with E-state index in [9.17, 15) is 14.4 Å². The maximum Gasteiger partial charge on any atom is 0.270 e. The van der Waals surface area contributed by atoms with Crippen LogP contribution in [0.2, 0.25) is 0 Å². The third-order valence-corrected chi connectivity index (χ3v) is 4.11. The quantitative estimate of drug-likeness (QED) is 0.763. The van der Waals surface area contributed by atoms with Crippen molar-refractivity contribution in [2.24, 2.45) is 5.92 Å². The van der Waals surface area contributed by atoms with Crippen LogP contribution in [-0.4, -0.2) is 40.8 Å². The number of hydrogen-bond acceptors (Lipinski definition) is 3. The van der Waals surface area contributed by atoms with Gasteiger partial charge in [0.05, 0.1) is 0 Å². The largest absolute Gasteiger partial charge is 0.353 e. The van der Waals surface area contributed by atoms with E-state index in [0.29, 0.717) is 31.1 Å². The lowest BCUT2D eigenvalue weighted by atomic mass is 9.85. The summed E-state index contributed by atoms with van der Waals surface area (Å²) in [4.78, 5) is 39.3. The number of carbonyl (C=O) groups excluding carboxylic acids is 2. The molecule has 2 N–H and O–H groups in total. The number of rotatable bonds is 1. The zero-order chi connectivity index (χ0) is 14.1. The summed E-state index contributed by atoms with van der Waals surface area (Å²) in [5.41, 5.74) is 0.0615. The zero-order valence-electron chi connectivity index (χ0n) is 11.1. The number of nitrogens with zero attached hydrogens (tertiary/aromatic N) is 1. The minimum Gasteiger partial charge on any atom is -0.353 e. The van der Waals surface area contributed by atoms with Crippen LogP contribution in [-0.2, 0) is 4.79 Å². The second-order valence-electron chi connectivity index (χ2n) is 5.44. The molecule has 106 valence electrons. The standard InChI is InChI=1S/C14H17N3O3/c18-12-3-1-2-11(16-12)14(20)17-7-6-10-9(8-17)4-5-13(19)15-10/h1-3,9-10H,4-8H2,(H,15,19)(H,16,18). The van der Waals surface area contributed by atoms with Crippen LogP contribution in [0.3, 0.4) is 0 Å². The van der Waals surface area contributed by atoms with Gasteiger partial charge in [0.15, 0.2) is 0 Å². The topological polar surface area (TPSA) is 82.3 Å². The number of carbonyl (C=O) groups is 2. The summed E-state index contributed by atoms with van der Waals surface area (Å²) in [5.74, 6) is 0.289.